The van der Waals surface area contributed by atoms with Crippen LogP contribution in [0.3, 0.4) is 0 Å². The Morgan fingerprint density at radius 2 is 1.82 bits per heavy atom. The van der Waals surface area contributed by atoms with Gasteiger partial charge in [-0.1, -0.05) is 35.9 Å². The molecule has 0 heterocycles. The minimum absolute atomic E-state index is 0.0874. The van der Waals surface area contributed by atoms with E-state index < -0.39 is 5.97 Å². The number of aryl methyl sites for hydroxylation is 2. The van der Waals surface area contributed by atoms with Crippen molar-refractivity contribution in [3.63, 3.8) is 0 Å². The molecule has 1 atom stereocenters. The van der Waals surface area contributed by atoms with E-state index in [4.69, 9.17) is 30.9 Å². The Morgan fingerprint density at radius 1 is 1.03 bits per heavy atom. The molecule has 0 aliphatic heterocycles. The zero-order chi connectivity index (χ0) is 23.8. The molecule has 0 saturated carbocycles. The van der Waals surface area contributed by atoms with Gasteiger partial charge in [0.2, 0.25) is 0 Å². The predicted octanol–water partition coefficient (Wildman–Crippen LogP) is 6.58. The fourth-order valence-electron chi connectivity index (χ4n) is 3.58. The van der Waals surface area contributed by atoms with Gasteiger partial charge in [0.05, 0.1) is 19.8 Å². The summed E-state index contributed by atoms with van der Waals surface area (Å²) < 4.78 is 17.7. The molecule has 174 valence electrons. The number of methoxy groups -OCH3 is 1. The van der Waals surface area contributed by atoms with Crippen LogP contribution >= 0.6 is 11.6 Å². The first-order valence-electron chi connectivity index (χ1n) is 10.9. The van der Waals surface area contributed by atoms with Crippen molar-refractivity contribution in [2.45, 2.75) is 39.2 Å². The average molecular weight is 469 g/mol. The molecule has 0 spiro atoms. The normalized spacial score (nSPS) is 11.6. The van der Waals surface area contributed by atoms with Gasteiger partial charge in [0.25, 0.3) is 0 Å². The molecule has 0 aliphatic rings. The first-order valence-corrected chi connectivity index (χ1v) is 11.3. The average Bonchev–Trinajstić information content (AvgIpc) is 2.79. The summed E-state index contributed by atoms with van der Waals surface area (Å²) in [5, 5.41) is 9.49. The van der Waals surface area contributed by atoms with E-state index in [0.717, 1.165) is 39.5 Å². The number of benzene rings is 3. The quantitative estimate of drug-likeness (QED) is 0.344. The third-order valence-corrected chi connectivity index (χ3v) is 5.62. The molecule has 0 aliphatic carbocycles. The van der Waals surface area contributed by atoms with E-state index in [1.165, 1.54) is 0 Å². The number of aliphatic carboxylic acids is 1. The van der Waals surface area contributed by atoms with Crippen LogP contribution in [-0.4, -0.2) is 30.9 Å². The summed E-state index contributed by atoms with van der Waals surface area (Å²) >= 11 is 6.26. The summed E-state index contributed by atoms with van der Waals surface area (Å²) in [6.07, 6.45) is 1.24. The van der Waals surface area contributed by atoms with E-state index in [1.807, 2.05) is 74.5 Å². The van der Waals surface area contributed by atoms with E-state index in [9.17, 15) is 4.79 Å². The number of hydrogen-bond acceptors (Lipinski definition) is 4. The first-order chi connectivity index (χ1) is 15.9. The standard InChI is InChI=1S/C27H29ClO5/c1-18-16-22(11-8-20(18)9-13-27(29)30)32-15-14-19(2)33-26-12-10-21(28)17-24(26)23-6-4-5-7-25(23)31-3/h4-8,10-12,16-17,19H,9,13-15H2,1-3H3,(H,29,30)/t19-/m0/s1. The Kier molecular flexibility index (Phi) is 8.61. The molecule has 3 aromatic rings. The number of carbonyl (C=O) groups is 1. The maximum Gasteiger partial charge on any atom is 0.303 e. The van der Waals surface area contributed by atoms with E-state index in [2.05, 4.69) is 0 Å². The molecular weight excluding hydrogens is 440 g/mol. The van der Waals surface area contributed by atoms with Gasteiger partial charge in [-0.2, -0.15) is 0 Å². The van der Waals surface area contributed by atoms with Crippen molar-refractivity contribution >= 4 is 17.6 Å². The number of rotatable bonds is 11. The highest BCUT2D eigenvalue weighted by molar-refractivity contribution is 6.31. The summed E-state index contributed by atoms with van der Waals surface area (Å²) in [5.74, 6) is 1.45. The highest BCUT2D eigenvalue weighted by atomic mass is 35.5. The minimum atomic E-state index is -0.793. The van der Waals surface area contributed by atoms with Crippen molar-refractivity contribution in [3.05, 3.63) is 76.8 Å². The van der Waals surface area contributed by atoms with Gasteiger partial charge < -0.3 is 19.3 Å². The zero-order valence-corrected chi connectivity index (χ0v) is 19.9. The van der Waals surface area contributed by atoms with Crippen molar-refractivity contribution in [2.24, 2.45) is 0 Å². The van der Waals surface area contributed by atoms with Crippen molar-refractivity contribution < 1.29 is 24.1 Å². The predicted molar refractivity (Wildman–Crippen MR) is 131 cm³/mol. The first kappa shape index (κ1) is 24.5. The van der Waals surface area contributed by atoms with Crippen LogP contribution in [-0.2, 0) is 11.2 Å². The molecule has 0 saturated heterocycles. The highest BCUT2D eigenvalue weighted by Gasteiger charge is 2.14. The Hall–Kier alpha value is -3.18. The van der Waals surface area contributed by atoms with Crippen molar-refractivity contribution in [3.8, 4) is 28.4 Å². The third-order valence-electron chi connectivity index (χ3n) is 5.38. The molecule has 33 heavy (non-hydrogen) atoms. The lowest BCUT2D eigenvalue weighted by molar-refractivity contribution is -0.136. The maximum absolute atomic E-state index is 10.8. The van der Waals surface area contributed by atoms with Gasteiger partial charge in [0, 0.05) is 29.0 Å². The van der Waals surface area contributed by atoms with Crippen molar-refractivity contribution in [2.75, 3.05) is 13.7 Å². The lowest BCUT2D eigenvalue weighted by atomic mass is 10.0. The molecule has 3 aromatic carbocycles. The van der Waals surface area contributed by atoms with Gasteiger partial charge in [-0.05, 0) is 67.8 Å². The fourth-order valence-corrected chi connectivity index (χ4v) is 3.75. The number of carboxylic acid groups (broad SMARTS) is 1. The van der Waals surface area contributed by atoms with Gasteiger partial charge in [0.1, 0.15) is 17.2 Å². The van der Waals surface area contributed by atoms with Gasteiger partial charge in [0.15, 0.2) is 0 Å². The summed E-state index contributed by atoms with van der Waals surface area (Å²) in [6, 6.07) is 19.1. The lowest BCUT2D eigenvalue weighted by Crippen LogP contribution is -2.16. The van der Waals surface area contributed by atoms with Crippen LogP contribution in [0.25, 0.3) is 11.1 Å². The molecule has 0 aromatic heterocycles. The number of halogens is 1. The lowest BCUT2D eigenvalue weighted by Gasteiger charge is -2.19. The maximum atomic E-state index is 10.8. The number of hydrogen-bond donors (Lipinski definition) is 1. The fraction of sp³-hybridized carbons (Fsp3) is 0.296. The Morgan fingerprint density at radius 3 is 2.55 bits per heavy atom. The third kappa shape index (κ3) is 6.90. The van der Waals surface area contributed by atoms with Gasteiger partial charge >= 0.3 is 5.97 Å². The Bertz CT molecular complexity index is 1100. The van der Waals surface area contributed by atoms with Crippen LogP contribution in [0, 0.1) is 6.92 Å². The summed E-state index contributed by atoms with van der Waals surface area (Å²) in [5.41, 5.74) is 3.84. The van der Waals surface area contributed by atoms with Crippen LogP contribution < -0.4 is 14.2 Å². The van der Waals surface area contributed by atoms with Gasteiger partial charge in [-0.25, -0.2) is 0 Å². The largest absolute Gasteiger partial charge is 0.496 e. The van der Waals surface area contributed by atoms with Crippen LogP contribution in [0.15, 0.2) is 60.7 Å². The monoisotopic (exact) mass is 468 g/mol. The summed E-state index contributed by atoms with van der Waals surface area (Å²) in [4.78, 5) is 10.8. The smallest absolute Gasteiger partial charge is 0.303 e. The van der Waals surface area contributed by atoms with Crippen LogP contribution in [0.1, 0.15) is 30.9 Å². The van der Waals surface area contributed by atoms with Crippen molar-refractivity contribution in [1.82, 2.24) is 0 Å². The Labute approximate surface area is 199 Å². The topological polar surface area (TPSA) is 65.0 Å². The molecule has 0 fully saturated rings. The summed E-state index contributed by atoms with van der Waals surface area (Å²) in [7, 11) is 1.64. The molecule has 5 nitrogen and oxygen atoms in total. The van der Waals surface area contributed by atoms with Gasteiger partial charge in [-0.15, -0.1) is 0 Å². The molecular formula is C27H29ClO5. The zero-order valence-electron chi connectivity index (χ0n) is 19.1. The van der Waals surface area contributed by atoms with E-state index in [1.54, 1.807) is 7.11 Å². The molecule has 0 unspecified atom stereocenters. The number of carboxylic acids is 1. The Balaban J connectivity index is 1.61. The van der Waals surface area contributed by atoms with E-state index >= 15 is 0 Å². The second kappa shape index (κ2) is 11.6. The molecule has 0 bridgehead atoms. The number of ether oxygens (including phenoxy) is 3. The van der Waals surface area contributed by atoms with Crippen LogP contribution in [0.4, 0.5) is 0 Å². The second-order valence-electron chi connectivity index (χ2n) is 7.89. The SMILES string of the molecule is COc1ccccc1-c1cc(Cl)ccc1O[C@@H](C)CCOc1ccc(CCC(=O)O)c(C)c1. The molecule has 0 amide bonds. The summed E-state index contributed by atoms with van der Waals surface area (Å²) in [6.45, 7) is 4.46. The van der Waals surface area contributed by atoms with Crippen molar-refractivity contribution in [1.29, 1.82) is 0 Å². The second-order valence-corrected chi connectivity index (χ2v) is 8.32. The minimum Gasteiger partial charge on any atom is -0.496 e. The molecule has 3 rings (SSSR count). The highest BCUT2D eigenvalue weighted by Crippen LogP contribution is 2.38. The van der Waals surface area contributed by atoms with E-state index in [-0.39, 0.29) is 12.5 Å². The van der Waals surface area contributed by atoms with Crippen LogP contribution in [0.2, 0.25) is 5.02 Å². The number of para-hydroxylation sites is 1. The van der Waals surface area contributed by atoms with Crippen LogP contribution in [0.5, 0.6) is 17.2 Å². The van der Waals surface area contributed by atoms with Gasteiger partial charge in [-0.3, -0.25) is 4.79 Å². The molecule has 1 N–H and O–H groups in total. The molecule has 6 heteroatoms. The molecule has 0 radical (unpaired) electrons. The van der Waals surface area contributed by atoms with E-state index in [0.29, 0.717) is 24.5 Å².